The molecule has 0 bridgehead atoms. The van der Waals surface area contributed by atoms with Crippen LogP contribution in [0, 0.1) is 0 Å². The van der Waals surface area contributed by atoms with E-state index in [4.69, 9.17) is 4.74 Å². The van der Waals surface area contributed by atoms with Gasteiger partial charge in [0.05, 0.1) is 11.0 Å². The third-order valence-electron chi connectivity index (χ3n) is 3.62. The molecule has 132 valence electrons. The summed E-state index contributed by atoms with van der Waals surface area (Å²) in [7, 11) is 0. The molecule has 1 aromatic rings. The van der Waals surface area contributed by atoms with E-state index in [1.807, 2.05) is 50.3 Å². The molecule has 0 aromatic heterocycles. The van der Waals surface area contributed by atoms with Gasteiger partial charge in [-0.05, 0) is 49.2 Å². The van der Waals surface area contributed by atoms with Gasteiger partial charge >= 0.3 is 5.97 Å². The van der Waals surface area contributed by atoms with Crippen molar-refractivity contribution >= 4 is 35.0 Å². The number of carbonyl (C=O) groups is 3. The van der Waals surface area contributed by atoms with Crippen molar-refractivity contribution < 1.29 is 19.1 Å². The second kappa shape index (κ2) is 8.67. The number of nitrogens with zero attached hydrogens (tertiary/aromatic N) is 1. The van der Waals surface area contributed by atoms with Gasteiger partial charge in [0.25, 0.3) is 11.1 Å². The summed E-state index contributed by atoms with van der Waals surface area (Å²) in [5.41, 5.74) is 1.85. The number of thioether (sulfide) groups is 1. The molecule has 25 heavy (non-hydrogen) atoms. The van der Waals surface area contributed by atoms with Crippen molar-refractivity contribution in [1.29, 1.82) is 0 Å². The second-order valence-corrected chi connectivity index (χ2v) is 6.77. The number of allylic oxidation sites excluding steroid dienone is 2. The molecule has 2 rings (SSSR count). The summed E-state index contributed by atoms with van der Waals surface area (Å²) in [4.78, 5) is 37.5. The van der Waals surface area contributed by atoms with E-state index >= 15 is 0 Å². The van der Waals surface area contributed by atoms with Crippen LogP contribution in [0.4, 0.5) is 4.79 Å². The van der Waals surface area contributed by atoms with Crippen molar-refractivity contribution in [3.63, 3.8) is 0 Å². The van der Waals surface area contributed by atoms with E-state index < -0.39 is 17.1 Å². The lowest BCUT2D eigenvalue weighted by atomic mass is 10.1. The molecular weight excluding hydrogens is 338 g/mol. The minimum absolute atomic E-state index is 0.237. The zero-order valence-electron chi connectivity index (χ0n) is 14.5. The highest BCUT2D eigenvalue weighted by Crippen LogP contribution is 2.31. The highest BCUT2D eigenvalue weighted by molar-refractivity contribution is 8.18. The molecule has 0 N–H and O–H groups in total. The van der Waals surface area contributed by atoms with Crippen molar-refractivity contribution in [3.8, 4) is 0 Å². The Bertz CT molecular complexity index is 724. The van der Waals surface area contributed by atoms with Crippen LogP contribution < -0.4 is 0 Å². The lowest BCUT2D eigenvalue weighted by molar-refractivity contribution is -0.150. The standard InChI is InChI=1S/C19H21NO4S/c1-4-14(3)24-17(21)12-20-18(22)16(25-19(20)23)11-13(2)10-15-8-6-5-7-9-15/h5-11,14H,4,12H2,1-3H3/b13-10+,16-11+/t14-/m0/s1. The monoisotopic (exact) mass is 359 g/mol. The van der Waals surface area contributed by atoms with Gasteiger partial charge in [0.2, 0.25) is 0 Å². The van der Waals surface area contributed by atoms with E-state index in [0.717, 1.165) is 27.8 Å². The fourth-order valence-corrected chi connectivity index (χ4v) is 3.06. The first-order chi connectivity index (χ1) is 11.9. The molecular formula is C19H21NO4S. The van der Waals surface area contributed by atoms with Crippen LogP contribution in [-0.4, -0.2) is 34.7 Å². The summed E-state index contributed by atoms with van der Waals surface area (Å²) >= 11 is 0.837. The van der Waals surface area contributed by atoms with Crippen molar-refractivity contribution in [2.75, 3.05) is 6.54 Å². The Kier molecular flexibility index (Phi) is 6.58. The molecule has 0 unspecified atom stereocenters. The fourth-order valence-electron chi connectivity index (χ4n) is 2.17. The van der Waals surface area contributed by atoms with Gasteiger partial charge in [-0.3, -0.25) is 19.3 Å². The van der Waals surface area contributed by atoms with Crippen LogP contribution >= 0.6 is 11.8 Å². The molecule has 1 aromatic carbocycles. The first-order valence-corrected chi connectivity index (χ1v) is 8.90. The zero-order chi connectivity index (χ0) is 18.4. The molecule has 1 saturated heterocycles. The van der Waals surface area contributed by atoms with Crippen LogP contribution in [0.5, 0.6) is 0 Å². The third kappa shape index (κ3) is 5.32. The average molecular weight is 359 g/mol. The highest BCUT2D eigenvalue weighted by Gasteiger charge is 2.36. The van der Waals surface area contributed by atoms with E-state index in [1.54, 1.807) is 13.0 Å². The summed E-state index contributed by atoms with van der Waals surface area (Å²) in [5.74, 6) is -1.04. The predicted molar refractivity (Wildman–Crippen MR) is 98.7 cm³/mol. The van der Waals surface area contributed by atoms with Crippen molar-refractivity contribution in [2.45, 2.75) is 33.3 Å². The molecule has 5 nitrogen and oxygen atoms in total. The van der Waals surface area contributed by atoms with Gasteiger partial charge in [0.15, 0.2) is 0 Å². The topological polar surface area (TPSA) is 63.7 Å². The second-order valence-electron chi connectivity index (χ2n) is 5.78. The minimum atomic E-state index is -0.575. The van der Waals surface area contributed by atoms with E-state index in [9.17, 15) is 14.4 Å². The maximum atomic E-state index is 12.4. The number of amides is 2. The smallest absolute Gasteiger partial charge is 0.326 e. The Hall–Kier alpha value is -2.34. The normalized spacial score (nSPS) is 18.0. The number of esters is 1. The summed E-state index contributed by atoms with van der Waals surface area (Å²) in [5, 5.41) is -0.454. The fraction of sp³-hybridized carbons (Fsp3) is 0.316. The van der Waals surface area contributed by atoms with E-state index in [2.05, 4.69) is 0 Å². The molecule has 0 aliphatic carbocycles. The number of hydrogen-bond acceptors (Lipinski definition) is 5. The Labute approximate surface area is 151 Å². The van der Waals surface area contributed by atoms with Gasteiger partial charge in [-0.2, -0.15) is 0 Å². The van der Waals surface area contributed by atoms with Crippen LogP contribution in [0.25, 0.3) is 6.08 Å². The van der Waals surface area contributed by atoms with Crippen LogP contribution in [-0.2, 0) is 14.3 Å². The van der Waals surface area contributed by atoms with Gasteiger partial charge in [-0.1, -0.05) is 43.3 Å². The van der Waals surface area contributed by atoms with Crippen molar-refractivity contribution in [2.24, 2.45) is 0 Å². The number of ether oxygens (including phenoxy) is 1. The van der Waals surface area contributed by atoms with E-state index in [1.165, 1.54) is 0 Å². The van der Waals surface area contributed by atoms with Crippen LogP contribution in [0.1, 0.15) is 32.8 Å². The highest BCUT2D eigenvalue weighted by atomic mass is 32.2. The molecule has 1 atom stereocenters. The number of carbonyl (C=O) groups excluding carboxylic acids is 3. The number of rotatable bonds is 6. The van der Waals surface area contributed by atoms with Crippen molar-refractivity contribution in [3.05, 3.63) is 52.4 Å². The predicted octanol–water partition coefficient (Wildman–Crippen LogP) is 4.01. The average Bonchev–Trinajstić information content (AvgIpc) is 2.83. The first kappa shape index (κ1) is 19.0. The largest absolute Gasteiger partial charge is 0.461 e. The summed E-state index contributed by atoms with van der Waals surface area (Å²) in [6, 6.07) is 9.68. The molecule has 1 heterocycles. The third-order valence-corrected chi connectivity index (χ3v) is 4.53. The summed E-state index contributed by atoms with van der Waals surface area (Å²) in [6.45, 7) is 5.16. The summed E-state index contributed by atoms with van der Waals surface area (Å²) < 4.78 is 5.13. The maximum Gasteiger partial charge on any atom is 0.326 e. The molecule has 6 heteroatoms. The lowest BCUT2D eigenvalue weighted by Gasteiger charge is -2.14. The number of imide groups is 1. The van der Waals surface area contributed by atoms with Crippen LogP contribution in [0.2, 0.25) is 0 Å². The Balaban J connectivity index is 2.07. The Morgan fingerprint density at radius 1 is 1.28 bits per heavy atom. The molecule has 1 aliphatic rings. The minimum Gasteiger partial charge on any atom is -0.461 e. The maximum absolute atomic E-state index is 12.4. The van der Waals surface area contributed by atoms with E-state index in [-0.39, 0.29) is 12.6 Å². The molecule has 1 fully saturated rings. The van der Waals surface area contributed by atoms with Gasteiger partial charge < -0.3 is 4.74 Å². The quantitative estimate of drug-likeness (QED) is 0.567. The summed E-state index contributed by atoms with van der Waals surface area (Å²) in [6.07, 6.45) is 4.03. The zero-order valence-corrected chi connectivity index (χ0v) is 15.3. The van der Waals surface area contributed by atoms with E-state index in [0.29, 0.717) is 11.3 Å². The van der Waals surface area contributed by atoms with Crippen LogP contribution in [0.3, 0.4) is 0 Å². The molecule has 1 aliphatic heterocycles. The van der Waals surface area contributed by atoms with Gasteiger partial charge in [-0.15, -0.1) is 0 Å². The SMILES string of the molecule is CC[C@H](C)OC(=O)CN1C(=O)S/C(=C/C(C)=C/c2ccccc2)C1=O. The molecule has 2 amide bonds. The number of hydrogen-bond donors (Lipinski definition) is 0. The lowest BCUT2D eigenvalue weighted by Crippen LogP contribution is -2.35. The van der Waals surface area contributed by atoms with Gasteiger partial charge in [-0.25, -0.2) is 0 Å². The van der Waals surface area contributed by atoms with Gasteiger partial charge in [0.1, 0.15) is 6.54 Å². The molecule has 0 radical (unpaired) electrons. The molecule has 0 spiro atoms. The molecule has 0 saturated carbocycles. The Morgan fingerprint density at radius 3 is 2.60 bits per heavy atom. The Morgan fingerprint density at radius 2 is 1.96 bits per heavy atom. The van der Waals surface area contributed by atoms with Gasteiger partial charge in [0, 0.05) is 0 Å². The van der Waals surface area contributed by atoms with Crippen molar-refractivity contribution in [1.82, 2.24) is 4.90 Å². The van der Waals surface area contributed by atoms with Crippen LogP contribution in [0.15, 0.2) is 46.9 Å². The number of benzene rings is 1. The first-order valence-electron chi connectivity index (χ1n) is 8.09.